The normalized spacial score (nSPS) is 9.60. The van der Waals surface area contributed by atoms with E-state index in [1.807, 2.05) is 24.3 Å². The summed E-state index contributed by atoms with van der Waals surface area (Å²) in [6, 6.07) is 7.91. The number of halogens is 1. The molecule has 0 aliphatic carbocycles. The van der Waals surface area contributed by atoms with Crippen LogP contribution < -0.4 is 0 Å². The minimum atomic E-state index is 0.0228. The SMILES string of the molecule is CC(C)(C)C#Cc1ccccc1C#CBr. The molecule has 0 N–H and O–H groups in total. The molecule has 1 heteroatoms. The summed E-state index contributed by atoms with van der Waals surface area (Å²) in [5.41, 5.74) is 1.97. The van der Waals surface area contributed by atoms with E-state index in [0.29, 0.717) is 0 Å². The van der Waals surface area contributed by atoms with Crippen molar-refractivity contribution in [3.05, 3.63) is 35.4 Å². The molecule has 0 atom stereocenters. The fraction of sp³-hybridized carbons (Fsp3) is 0.286. The first kappa shape index (κ1) is 11.9. The highest BCUT2D eigenvalue weighted by atomic mass is 79.9. The zero-order valence-corrected chi connectivity index (χ0v) is 10.8. The lowest BCUT2D eigenvalue weighted by atomic mass is 9.97. The van der Waals surface area contributed by atoms with E-state index in [4.69, 9.17) is 0 Å². The summed E-state index contributed by atoms with van der Waals surface area (Å²) < 4.78 is 0. The van der Waals surface area contributed by atoms with Crippen molar-refractivity contribution < 1.29 is 0 Å². The Morgan fingerprint density at radius 1 is 1.00 bits per heavy atom. The predicted octanol–water partition coefficient (Wildman–Crippen LogP) is 3.79. The van der Waals surface area contributed by atoms with Gasteiger partial charge in [-0.05, 0) is 37.7 Å². The molecule has 0 spiro atoms. The highest BCUT2D eigenvalue weighted by molar-refractivity contribution is 9.12. The lowest BCUT2D eigenvalue weighted by Crippen LogP contribution is -1.99. The number of benzene rings is 1. The average Bonchev–Trinajstić information content (AvgIpc) is 2.16. The maximum Gasteiger partial charge on any atom is 0.0410 e. The van der Waals surface area contributed by atoms with Gasteiger partial charge in [-0.2, -0.15) is 0 Å². The van der Waals surface area contributed by atoms with Crippen molar-refractivity contribution in [2.24, 2.45) is 5.41 Å². The molecule has 0 aliphatic heterocycles. The summed E-state index contributed by atoms with van der Waals surface area (Å²) in [5.74, 6) is 9.35. The standard InChI is InChI=1S/C14H13Br/c1-14(2,3)10-8-12-6-4-5-7-13(12)9-11-15/h4-7H,1-3H3. The Hall–Kier alpha value is -1.18. The Morgan fingerprint density at radius 2 is 1.53 bits per heavy atom. The molecule has 1 rings (SSSR count). The topological polar surface area (TPSA) is 0 Å². The lowest BCUT2D eigenvalue weighted by molar-refractivity contribution is 0.571. The van der Waals surface area contributed by atoms with E-state index in [2.05, 4.69) is 59.3 Å². The Labute approximate surface area is 100 Å². The summed E-state index contributed by atoms with van der Waals surface area (Å²) >= 11 is 3.10. The van der Waals surface area contributed by atoms with Crippen molar-refractivity contribution in [3.8, 4) is 22.6 Å². The third kappa shape index (κ3) is 4.24. The van der Waals surface area contributed by atoms with Crippen LogP contribution >= 0.6 is 15.9 Å². The van der Waals surface area contributed by atoms with Gasteiger partial charge in [0.05, 0.1) is 0 Å². The Kier molecular flexibility index (Phi) is 4.01. The van der Waals surface area contributed by atoms with E-state index in [0.717, 1.165) is 11.1 Å². The van der Waals surface area contributed by atoms with E-state index in [1.54, 1.807) is 0 Å². The monoisotopic (exact) mass is 260 g/mol. The first-order chi connectivity index (χ1) is 7.03. The van der Waals surface area contributed by atoms with Crippen LogP contribution in [0, 0.1) is 28.0 Å². The van der Waals surface area contributed by atoms with Crippen LogP contribution in [0.5, 0.6) is 0 Å². The molecule has 1 aromatic rings. The van der Waals surface area contributed by atoms with Gasteiger partial charge < -0.3 is 0 Å². The fourth-order valence-corrected chi connectivity index (χ4v) is 1.22. The summed E-state index contributed by atoms with van der Waals surface area (Å²) in [6.07, 6.45) is 0. The Balaban J connectivity index is 3.12. The van der Waals surface area contributed by atoms with E-state index >= 15 is 0 Å². The molecule has 0 heterocycles. The largest absolute Gasteiger partial charge is 0.0919 e. The van der Waals surface area contributed by atoms with Gasteiger partial charge in [0.1, 0.15) is 0 Å². The van der Waals surface area contributed by atoms with E-state index in [1.165, 1.54) is 0 Å². The highest BCUT2D eigenvalue weighted by Crippen LogP contribution is 2.12. The molecule has 0 saturated heterocycles. The van der Waals surface area contributed by atoms with Gasteiger partial charge in [0.15, 0.2) is 0 Å². The quantitative estimate of drug-likeness (QED) is 0.623. The van der Waals surface area contributed by atoms with Crippen LogP contribution in [0.1, 0.15) is 31.9 Å². The first-order valence-corrected chi connectivity index (χ1v) is 5.56. The Bertz CT molecular complexity index is 456. The molecule has 0 unspecified atom stereocenters. The van der Waals surface area contributed by atoms with Gasteiger partial charge >= 0.3 is 0 Å². The van der Waals surface area contributed by atoms with Gasteiger partial charge in [-0.15, -0.1) is 0 Å². The molecule has 0 bridgehead atoms. The zero-order chi connectivity index (χ0) is 11.3. The summed E-state index contributed by atoms with van der Waals surface area (Å²) in [5, 5.41) is 0. The molecular weight excluding hydrogens is 248 g/mol. The molecule has 0 aromatic heterocycles. The van der Waals surface area contributed by atoms with E-state index in [-0.39, 0.29) is 5.41 Å². The molecule has 0 amide bonds. The number of rotatable bonds is 0. The van der Waals surface area contributed by atoms with Gasteiger partial charge in [-0.25, -0.2) is 0 Å². The van der Waals surface area contributed by atoms with Crippen LogP contribution in [-0.4, -0.2) is 0 Å². The summed E-state index contributed by atoms with van der Waals surface area (Å²) in [6.45, 7) is 6.29. The zero-order valence-electron chi connectivity index (χ0n) is 9.19. The predicted molar refractivity (Wildman–Crippen MR) is 68.6 cm³/mol. The van der Waals surface area contributed by atoms with E-state index in [9.17, 15) is 0 Å². The van der Waals surface area contributed by atoms with Crippen LogP contribution in [0.15, 0.2) is 24.3 Å². The minimum Gasteiger partial charge on any atom is -0.0919 e. The van der Waals surface area contributed by atoms with Crippen molar-refractivity contribution in [3.63, 3.8) is 0 Å². The van der Waals surface area contributed by atoms with E-state index < -0.39 is 0 Å². The summed E-state index contributed by atoms with van der Waals surface area (Å²) in [4.78, 5) is 2.72. The average molecular weight is 261 g/mol. The molecular formula is C14H13Br. The van der Waals surface area contributed by atoms with Crippen LogP contribution in [0.25, 0.3) is 0 Å². The molecule has 0 nitrogen and oxygen atoms in total. The third-order valence-electron chi connectivity index (χ3n) is 1.68. The minimum absolute atomic E-state index is 0.0228. The van der Waals surface area contributed by atoms with Crippen molar-refractivity contribution in [2.45, 2.75) is 20.8 Å². The molecule has 0 radical (unpaired) electrons. The second-order valence-corrected chi connectivity index (χ2v) is 4.66. The fourth-order valence-electron chi connectivity index (χ4n) is 1.01. The van der Waals surface area contributed by atoms with Crippen LogP contribution in [0.3, 0.4) is 0 Å². The van der Waals surface area contributed by atoms with Crippen molar-refractivity contribution >= 4 is 15.9 Å². The van der Waals surface area contributed by atoms with Crippen LogP contribution in [0.4, 0.5) is 0 Å². The first-order valence-electron chi connectivity index (χ1n) is 4.77. The number of hydrogen-bond donors (Lipinski definition) is 0. The molecule has 0 fully saturated rings. The van der Waals surface area contributed by atoms with Gasteiger partial charge in [0.25, 0.3) is 0 Å². The molecule has 76 valence electrons. The second kappa shape index (κ2) is 5.06. The van der Waals surface area contributed by atoms with Gasteiger partial charge in [0.2, 0.25) is 0 Å². The number of hydrogen-bond acceptors (Lipinski definition) is 0. The second-order valence-electron chi connectivity index (χ2n) is 4.27. The van der Waals surface area contributed by atoms with Crippen molar-refractivity contribution in [1.82, 2.24) is 0 Å². The summed E-state index contributed by atoms with van der Waals surface area (Å²) in [7, 11) is 0. The molecule has 15 heavy (non-hydrogen) atoms. The lowest BCUT2D eigenvalue weighted by Gasteiger charge is -2.07. The molecule has 0 saturated carbocycles. The van der Waals surface area contributed by atoms with Crippen LogP contribution in [0.2, 0.25) is 0 Å². The van der Waals surface area contributed by atoms with Gasteiger partial charge in [0, 0.05) is 32.5 Å². The third-order valence-corrected chi connectivity index (χ3v) is 1.88. The van der Waals surface area contributed by atoms with Gasteiger partial charge in [-0.1, -0.05) is 29.9 Å². The highest BCUT2D eigenvalue weighted by Gasteiger charge is 2.03. The molecule has 0 aliphatic rings. The molecule has 1 aromatic carbocycles. The van der Waals surface area contributed by atoms with Gasteiger partial charge in [-0.3, -0.25) is 0 Å². The van der Waals surface area contributed by atoms with Crippen molar-refractivity contribution in [1.29, 1.82) is 0 Å². The maximum absolute atomic E-state index is 3.20. The van der Waals surface area contributed by atoms with Crippen LogP contribution in [-0.2, 0) is 0 Å². The Morgan fingerprint density at radius 3 is 2.00 bits per heavy atom. The maximum atomic E-state index is 3.20. The van der Waals surface area contributed by atoms with Crippen molar-refractivity contribution in [2.75, 3.05) is 0 Å². The smallest absolute Gasteiger partial charge is 0.0410 e.